The number of benzene rings is 1. The van der Waals surface area contributed by atoms with E-state index in [1.54, 1.807) is 18.3 Å². The van der Waals surface area contributed by atoms with Crippen LogP contribution in [0.5, 0.6) is 0 Å². The quantitative estimate of drug-likeness (QED) is 0.445. The van der Waals surface area contributed by atoms with Gasteiger partial charge >= 0.3 is 5.97 Å². The van der Waals surface area contributed by atoms with Crippen LogP contribution in [0.1, 0.15) is 73.7 Å². The minimum Gasteiger partial charge on any atom is -0.478 e. The van der Waals surface area contributed by atoms with E-state index >= 15 is 0 Å². The van der Waals surface area contributed by atoms with Gasteiger partial charge < -0.3 is 5.11 Å². The lowest BCUT2D eigenvalue weighted by Crippen LogP contribution is -2.07. The van der Waals surface area contributed by atoms with Crippen LogP contribution in [-0.2, 0) is 19.4 Å². The fourth-order valence-electron chi connectivity index (χ4n) is 3.46. The monoisotopic (exact) mass is 406 g/mol. The molecule has 0 aliphatic rings. The number of carbonyl (C=O) groups is 1. The molecule has 0 atom stereocenters. The molecular formula is C24H30N4O2. The molecule has 1 N–H and O–H groups in total. The molecule has 0 aliphatic heterocycles. The summed E-state index contributed by atoms with van der Waals surface area (Å²) in [4.78, 5) is 20.8. The van der Waals surface area contributed by atoms with Gasteiger partial charge in [0.25, 0.3) is 0 Å². The summed E-state index contributed by atoms with van der Waals surface area (Å²) >= 11 is 0. The third kappa shape index (κ3) is 5.53. The zero-order valence-electron chi connectivity index (χ0n) is 17.8. The molecule has 2 aromatic heterocycles. The lowest BCUT2D eigenvalue weighted by molar-refractivity contribution is 0.0697. The van der Waals surface area contributed by atoms with E-state index in [-0.39, 0.29) is 5.56 Å². The van der Waals surface area contributed by atoms with Crippen LogP contribution in [0.2, 0.25) is 0 Å². The smallest absolute Gasteiger partial charge is 0.336 e. The summed E-state index contributed by atoms with van der Waals surface area (Å²) < 4.78 is 2.04. The first-order chi connectivity index (χ1) is 14.6. The second-order valence-corrected chi connectivity index (χ2v) is 7.54. The number of rotatable bonds is 11. The van der Waals surface area contributed by atoms with Gasteiger partial charge in [0.05, 0.1) is 5.56 Å². The van der Waals surface area contributed by atoms with Crippen LogP contribution in [0, 0.1) is 0 Å². The van der Waals surface area contributed by atoms with Crippen molar-refractivity contribution >= 4 is 5.97 Å². The average molecular weight is 407 g/mol. The molecule has 2 heterocycles. The van der Waals surface area contributed by atoms with E-state index in [1.807, 2.05) is 28.9 Å². The maximum atomic E-state index is 11.5. The summed E-state index contributed by atoms with van der Waals surface area (Å²) in [5, 5.41) is 14.1. The number of aromatic carboxylic acids is 1. The highest BCUT2D eigenvalue weighted by Crippen LogP contribution is 2.23. The summed E-state index contributed by atoms with van der Waals surface area (Å²) in [7, 11) is 0. The fourth-order valence-corrected chi connectivity index (χ4v) is 3.46. The highest BCUT2D eigenvalue weighted by Gasteiger charge is 2.13. The molecule has 0 radical (unpaired) electrons. The van der Waals surface area contributed by atoms with E-state index in [4.69, 9.17) is 10.1 Å². The summed E-state index contributed by atoms with van der Waals surface area (Å²) in [6, 6.07) is 10.9. The zero-order valence-corrected chi connectivity index (χ0v) is 17.8. The third-order valence-electron chi connectivity index (χ3n) is 5.15. The van der Waals surface area contributed by atoms with Crippen LogP contribution in [0.15, 0.2) is 42.6 Å². The molecule has 0 saturated heterocycles. The summed E-state index contributed by atoms with van der Waals surface area (Å²) in [5.41, 5.74) is 2.65. The van der Waals surface area contributed by atoms with Crippen LogP contribution in [-0.4, -0.2) is 30.8 Å². The standard InChI is InChI=1S/C24H30N4O2/c1-3-5-9-15-28-23(26-22(27-28)12-6-4-2)16-19-14-13-18(17-25-19)20-10-7-8-11-21(20)24(29)30/h7-8,10-11,13-14,17H,3-6,9,12,15-16H2,1-2H3,(H,29,30). The first kappa shape index (κ1) is 21.7. The van der Waals surface area contributed by atoms with Gasteiger partial charge in [-0.1, -0.05) is 57.4 Å². The Morgan fingerprint density at radius 2 is 1.83 bits per heavy atom. The molecule has 0 aliphatic carbocycles. The van der Waals surface area contributed by atoms with Gasteiger partial charge in [0.2, 0.25) is 0 Å². The molecule has 1 aromatic carbocycles. The zero-order chi connectivity index (χ0) is 21.3. The second kappa shape index (κ2) is 10.7. The minimum atomic E-state index is -0.936. The van der Waals surface area contributed by atoms with Crippen molar-refractivity contribution in [2.75, 3.05) is 0 Å². The van der Waals surface area contributed by atoms with Gasteiger partial charge in [0, 0.05) is 36.8 Å². The molecule has 158 valence electrons. The molecule has 0 bridgehead atoms. The van der Waals surface area contributed by atoms with Gasteiger partial charge in [-0.3, -0.25) is 4.98 Å². The molecule has 6 nitrogen and oxygen atoms in total. The van der Waals surface area contributed by atoms with Gasteiger partial charge in [-0.25, -0.2) is 14.5 Å². The van der Waals surface area contributed by atoms with Gasteiger partial charge in [-0.2, -0.15) is 5.10 Å². The number of carboxylic acid groups (broad SMARTS) is 1. The predicted octanol–water partition coefficient (Wildman–Crippen LogP) is 5.16. The lowest BCUT2D eigenvalue weighted by atomic mass is 10.0. The van der Waals surface area contributed by atoms with Crippen LogP contribution in [0.4, 0.5) is 0 Å². The van der Waals surface area contributed by atoms with E-state index < -0.39 is 5.97 Å². The first-order valence-corrected chi connectivity index (χ1v) is 10.8. The van der Waals surface area contributed by atoms with Gasteiger partial charge in [0.1, 0.15) is 5.82 Å². The van der Waals surface area contributed by atoms with E-state index in [9.17, 15) is 9.90 Å². The number of hydrogen-bond acceptors (Lipinski definition) is 4. The van der Waals surface area contributed by atoms with Crippen molar-refractivity contribution in [3.05, 3.63) is 65.5 Å². The number of pyridine rings is 1. The largest absolute Gasteiger partial charge is 0.478 e. The number of aromatic nitrogens is 4. The van der Waals surface area contributed by atoms with Crippen molar-refractivity contribution in [3.63, 3.8) is 0 Å². The van der Waals surface area contributed by atoms with E-state index in [1.165, 1.54) is 12.8 Å². The molecular weight excluding hydrogens is 376 g/mol. The van der Waals surface area contributed by atoms with Crippen LogP contribution in [0.25, 0.3) is 11.1 Å². The van der Waals surface area contributed by atoms with Crippen LogP contribution >= 0.6 is 0 Å². The molecule has 3 rings (SSSR count). The number of nitrogens with zero attached hydrogens (tertiary/aromatic N) is 4. The van der Waals surface area contributed by atoms with Crippen molar-refractivity contribution in [1.29, 1.82) is 0 Å². The lowest BCUT2D eigenvalue weighted by Gasteiger charge is -2.08. The van der Waals surface area contributed by atoms with Crippen LogP contribution in [0.3, 0.4) is 0 Å². The molecule has 3 aromatic rings. The van der Waals surface area contributed by atoms with Crippen LogP contribution < -0.4 is 0 Å². The third-order valence-corrected chi connectivity index (χ3v) is 5.15. The van der Waals surface area contributed by atoms with E-state index in [2.05, 4.69) is 18.8 Å². The second-order valence-electron chi connectivity index (χ2n) is 7.54. The van der Waals surface area contributed by atoms with Crippen molar-refractivity contribution < 1.29 is 9.90 Å². The maximum Gasteiger partial charge on any atom is 0.336 e. The Labute approximate surface area is 178 Å². The minimum absolute atomic E-state index is 0.281. The van der Waals surface area contributed by atoms with E-state index in [0.717, 1.165) is 55.1 Å². The highest BCUT2D eigenvalue weighted by atomic mass is 16.4. The number of hydrogen-bond donors (Lipinski definition) is 1. The Hall–Kier alpha value is -3.02. The molecule has 0 fully saturated rings. The van der Waals surface area contributed by atoms with Gasteiger partial charge in [-0.15, -0.1) is 0 Å². The molecule has 0 unspecified atom stereocenters. The maximum absolute atomic E-state index is 11.5. The van der Waals surface area contributed by atoms with Crippen molar-refractivity contribution in [2.24, 2.45) is 0 Å². The highest BCUT2D eigenvalue weighted by molar-refractivity contribution is 5.95. The SMILES string of the molecule is CCCCCn1nc(CCCC)nc1Cc1ccc(-c2ccccc2C(=O)O)cn1. The normalized spacial score (nSPS) is 11.0. The fraction of sp³-hybridized carbons (Fsp3) is 0.417. The van der Waals surface area contributed by atoms with Gasteiger partial charge in [0.15, 0.2) is 5.82 Å². The summed E-state index contributed by atoms with van der Waals surface area (Å²) in [6.07, 6.45) is 8.93. The number of carboxylic acids is 1. The van der Waals surface area contributed by atoms with Crippen molar-refractivity contribution in [2.45, 2.75) is 65.3 Å². The van der Waals surface area contributed by atoms with Gasteiger partial charge in [-0.05, 0) is 30.5 Å². The molecule has 30 heavy (non-hydrogen) atoms. The number of unbranched alkanes of at least 4 members (excludes halogenated alkanes) is 3. The Morgan fingerprint density at radius 1 is 1.03 bits per heavy atom. The average Bonchev–Trinajstić information content (AvgIpc) is 3.14. The molecule has 0 spiro atoms. The van der Waals surface area contributed by atoms with Crippen molar-refractivity contribution in [3.8, 4) is 11.1 Å². The Bertz CT molecular complexity index is 964. The Kier molecular flexibility index (Phi) is 7.71. The first-order valence-electron chi connectivity index (χ1n) is 10.8. The predicted molar refractivity (Wildman–Crippen MR) is 118 cm³/mol. The molecule has 0 saturated carbocycles. The summed E-state index contributed by atoms with van der Waals surface area (Å²) in [6.45, 7) is 5.25. The van der Waals surface area contributed by atoms with Crippen molar-refractivity contribution in [1.82, 2.24) is 19.7 Å². The topological polar surface area (TPSA) is 80.9 Å². The summed E-state index contributed by atoms with van der Waals surface area (Å²) in [5.74, 6) is 0.924. The number of aryl methyl sites for hydroxylation is 2. The molecule has 0 amide bonds. The van der Waals surface area contributed by atoms with E-state index in [0.29, 0.717) is 12.0 Å². The Balaban J connectivity index is 1.79. The Morgan fingerprint density at radius 3 is 2.53 bits per heavy atom. The molecule has 6 heteroatoms.